The molecule has 31 heavy (non-hydrogen) atoms. The highest BCUT2D eigenvalue weighted by molar-refractivity contribution is 5.74. The highest BCUT2D eigenvalue weighted by Crippen LogP contribution is 2.20. The van der Waals surface area contributed by atoms with Crippen LogP contribution in [0, 0.1) is 5.82 Å². The minimum Gasteiger partial charge on any atom is -0.497 e. The van der Waals surface area contributed by atoms with Crippen LogP contribution in [-0.4, -0.2) is 25.8 Å². The summed E-state index contributed by atoms with van der Waals surface area (Å²) in [6.07, 6.45) is 0. The number of halogens is 1. The second-order valence-corrected chi connectivity index (χ2v) is 7.19. The van der Waals surface area contributed by atoms with Crippen LogP contribution >= 0.6 is 0 Å². The van der Waals surface area contributed by atoms with Crippen molar-refractivity contribution in [2.75, 3.05) is 12.4 Å². The summed E-state index contributed by atoms with van der Waals surface area (Å²) in [6.45, 7) is 0.500. The maximum absolute atomic E-state index is 14.4. The highest BCUT2D eigenvalue weighted by atomic mass is 19.1. The molecule has 1 N–H and O–H groups in total. The first-order valence-electron chi connectivity index (χ1n) is 9.67. The molecule has 0 aliphatic heterocycles. The normalized spacial score (nSPS) is 11.1. The maximum atomic E-state index is 14.4. The number of aryl methyl sites for hydroxylation is 1. The number of hydrogen-bond donors (Lipinski definition) is 1. The molecule has 4 rings (SSSR count). The lowest BCUT2D eigenvalue weighted by Gasteiger charge is -2.12. The Balaban J connectivity index is 1.81. The predicted molar refractivity (Wildman–Crippen MR) is 116 cm³/mol. The Morgan fingerprint density at radius 1 is 1.03 bits per heavy atom. The topological polar surface area (TPSA) is 83.1 Å². The quantitative estimate of drug-likeness (QED) is 0.514. The van der Waals surface area contributed by atoms with Crippen molar-refractivity contribution < 1.29 is 9.13 Å². The molecule has 160 valence electrons. The Bertz CT molecular complexity index is 1370. The van der Waals surface area contributed by atoms with E-state index in [-0.39, 0.29) is 23.5 Å². The van der Waals surface area contributed by atoms with E-state index in [1.807, 2.05) is 24.3 Å². The van der Waals surface area contributed by atoms with Gasteiger partial charge in [0.05, 0.1) is 13.7 Å². The minimum absolute atomic E-state index is 0.0849. The van der Waals surface area contributed by atoms with Crippen molar-refractivity contribution in [2.24, 2.45) is 14.1 Å². The van der Waals surface area contributed by atoms with E-state index in [0.717, 1.165) is 15.9 Å². The number of nitrogens with zero attached hydrogens (tertiary/aromatic N) is 4. The number of nitrogens with one attached hydrogen (secondary N) is 1. The number of anilines is 1. The third-order valence-corrected chi connectivity index (χ3v) is 5.24. The number of benzene rings is 2. The van der Waals surface area contributed by atoms with Crippen LogP contribution in [0.3, 0.4) is 0 Å². The molecule has 0 saturated carbocycles. The molecule has 0 bridgehead atoms. The van der Waals surface area contributed by atoms with Gasteiger partial charge in [-0.15, -0.1) is 0 Å². The average molecular weight is 423 g/mol. The van der Waals surface area contributed by atoms with E-state index >= 15 is 0 Å². The van der Waals surface area contributed by atoms with Crippen LogP contribution in [-0.2, 0) is 27.2 Å². The fourth-order valence-electron chi connectivity index (χ4n) is 3.46. The van der Waals surface area contributed by atoms with Crippen LogP contribution in [0.4, 0.5) is 10.3 Å². The van der Waals surface area contributed by atoms with Gasteiger partial charge in [0.25, 0.3) is 5.56 Å². The van der Waals surface area contributed by atoms with Crippen LogP contribution < -0.4 is 21.3 Å². The van der Waals surface area contributed by atoms with Gasteiger partial charge in [0.1, 0.15) is 11.6 Å². The van der Waals surface area contributed by atoms with Crippen LogP contribution in [0.1, 0.15) is 11.1 Å². The molecule has 8 nitrogen and oxygen atoms in total. The van der Waals surface area contributed by atoms with Gasteiger partial charge in [-0.2, -0.15) is 4.98 Å². The molecule has 0 aliphatic carbocycles. The van der Waals surface area contributed by atoms with Crippen molar-refractivity contribution in [3.8, 4) is 5.75 Å². The molecule has 0 unspecified atom stereocenters. The molecule has 2 aromatic heterocycles. The second kappa shape index (κ2) is 8.10. The van der Waals surface area contributed by atoms with Crippen molar-refractivity contribution in [1.29, 1.82) is 0 Å². The maximum Gasteiger partial charge on any atom is 0.332 e. The van der Waals surface area contributed by atoms with Gasteiger partial charge in [-0.05, 0) is 23.8 Å². The van der Waals surface area contributed by atoms with Gasteiger partial charge in [0.2, 0.25) is 5.95 Å². The summed E-state index contributed by atoms with van der Waals surface area (Å²) >= 11 is 0. The summed E-state index contributed by atoms with van der Waals surface area (Å²) < 4.78 is 23.5. The van der Waals surface area contributed by atoms with Gasteiger partial charge in [-0.25, -0.2) is 9.18 Å². The summed E-state index contributed by atoms with van der Waals surface area (Å²) in [4.78, 5) is 29.8. The molecule has 0 atom stereocenters. The number of methoxy groups -OCH3 is 1. The highest BCUT2D eigenvalue weighted by Gasteiger charge is 2.20. The van der Waals surface area contributed by atoms with Crippen molar-refractivity contribution in [2.45, 2.75) is 13.1 Å². The van der Waals surface area contributed by atoms with Crippen molar-refractivity contribution in [3.63, 3.8) is 0 Å². The molecular weight excluding hydrogens is 401 g/mol. The molecule has 0 fully saturated rings. The number of fused-ring (bicyclic) bond motifs is 1. The second-order valence-electron chi connectivity index (χ2n) is 7.19. The lowest BCUT2D eigenvalue weighted by molar-refractivity contribution is 0.414. The first-order valence-corrected chi connectivity index (χ1v) is 9.67. The van der Waals surface area contributed by atoms with Crippen LogP contribution in [0.5, 0.6) is 5.75 Å². The number of rotatable bonds is 6. The van der Waals surface area contributed by atoms with E-state index in [9.17, 15) is 14.0 Å². The molecule has 0 amide bonds. The summed E-state index contributed by atoms with van der Waals surface area (Å²) in [6, 6.07) is 13.9. The van der Waals surface area contributed by atoms with Crippen LogP contribution in [0.15, 0.2) is 58.1 Å². The fourth-order valence-corrected chi connectivity index (χ4v) is 3.46. The largest absolute Gasteiger partial charge is 0.497 e. The van der Waals surface area contributed by atoms with E-state index in [4.69, 9.17) is 4.74 Å². The van der Waals surface area contributed by atoms with Crippen LogP contribution in [0.25, 0.3) is 11.2 Å². The molecule has 0 radical (unpaired) electrons. The SMILES string of the molecule is COc1ccc(CNc2nc3c(c(=O)n(C)c(=O)n3C)n2Cc2ccccc2F)cc1. The van der Waals surface area contributed by atoms with Gasteiger partial charge < -0.3 is 10.1 Å². The standard InChI is InChI=1S/C22H22FN5O3/c1-26-19-18(20(29)27(2)22(26)30)28(13-15-6-4-5-7-17(15)23)21(25-19)24-12-14-8-10-16(31-3)11-9-14/h4-11H,12-13H2,1-3H3,(H,24,25). The van der Waals surface area contributed by atoms with Crippen molar-refractivity contribution in [1.82, 2.24) is 18.7 Å². The van der Waals surface area contributed by atoms with E-state index < -0.39 is 11.2 Å². The monoisotopic (exact) mass is 423 g/mol. The zero-order valence-electron chi connectivity index (χ0n) is 17.4. The Morgan fingerprint density at radius 2 is 1.74 bits per heavy atom. The van der Waals surface area contributed by atoms with E-state index in [1.54, 1.807) is 36.9 Å². The van der Waals surface area contributed by atoms with E-state index in [2.05, 4.69) is 10.3 Å². The summed E-state index contributed by atoms with van der Waals surface area (Å²) in [5.74, 6) is 0.730. The Hall–Kier alpha value is -3.88. The average Bonchev–Trinajstić information content (AvgIpc) is 3.15. The third kappa shape index (κ3) is 3.70. The Kier molecular flexibility index (Phi) is 5.33. The summed E-state index contributed by atoms with van der Waals surface area (Å²) in [7, 11) is 4.57. The molecule has 2 aromatic carbocycles. The lowest BCUT2D eigenvalue weighted by Crippen LogP contribution is -2.37. The number of imidazole rings is 1. The molecule has 9 heteroatoms. The van der Waals surface area contributed by atoms with Crippen LogP contribution in [0.2, 0.25) is 0 Å². The third-order valence-electron chi connectivity index (χ3n) is 5.24. The van der Waals surface area contributed by atoms with Crippen molar-refractivity contribution in [3.05, 3.63) is 86.3 Å². The lowest BCUT2D eigenvalue weighted by atomic mass is 10.2. The molecule has 0 saturated heterocycles. The fraction of sp³-hybridized carbons (Fsp3) is 0.227. The smallest absolute Gasteiger partial charge is 0.332 e. The molecule has 4 aromatic rings. The van der Waals surface area contributed by atoms with Crippen molar-refractivity contribution >= 4 is 17.1 Å². The summed E-state index contributed by atoms with van der Waals surface area (Å²) in [5, 5.41) is 3.21. The first kappa shape index (κ1) is 20.4. The van der Waals surface area contributed by atoms with Gasteiger partial charge in [0, 0.05) is 26.2 Å². The Morgan fingerprint density at radius 3 is 2.42 bits per heavy atom. The first-order chi connectivity index (χ1) is 14.9. The molecule has 0 spiro atoms. The molecule has 0 aliphatic rings. The van der Waals surface area contributed by atoms with Gasteiger partial charge >= 0.3 is 5.69 Å². The Labute approximate surface area is 177 Å². The van der Waals surface area contributed by atoms with E-state index in [0.29, 0.717) is 18.1 Å². The zero-order chi connectivity index (χ0) is 22.1. The van der Waals surface area contributed by atoms with E-state index in [1.165, 1.54) is 17.7 Å². The summed E-state index contributed by atoms with van der Waals surface area (Å²) in [5.41, 5.74) is 0.873. The van der Waals surface area contributed by atoms with Gasteiger partial charge in [-0.1, -0.05) is 30.3 Å². The molecule has 2 heterocycles. The van der Waals surface area contributed by atoms with Gasteiger partial charge in [-0.3, -0.25) is 18.5 Å². The number of hydrogen-bond acceptors (Lipinski definition) is 5. The zero-order valence-corrected chi connectivity index (χ0v) is 17.4. The number of aromatic nitrogens is 4. The molecular formula is C22H22FN5O3. The minimum atomic E-state index is -0.487. The predicted octanol–water partition coefficient (Wildman–Crippen LogP) is 2.24. The number of ether oxygens (including phenoxy) is 1. The van der Waals surface area contributed by atoms with Gasteiger partial charge in [0.15, 0.2) is 11.2 Å².